The van der Waals surface area contributed by atoms with Gasteiger partial charge in [0.05, 0.1) is 22.4 Å². The highest BCUT2D eigenvalue weighted by atomic mass is 16.6. The van der Waals surface area contributed by atoms with Crippen molar-refractivity contribution < 1.29 is 4.92 Å². The van der Waals surface area contributed by atoms with E-state index in [9.17, 15) is 10.1 Å². The van der Waals surface area contributed by atoms with Gasteiger partial charge in [-0.1, -0.05) is 6.07 Å². The molecule has 0 aliphatic heterocycles. The van der Waals surface area contributed by atoms with Crippen molar-refractivity contribution in [2.75, 3.05) is 12.4 Å². The standard InChI is InChI=1S/C13H11N5O2/c1-14-12-8-9(18(19)20)7-10(16-12)11-3-2-4-13-15-5-6-17(11)13/h2-8H,1H3,(H,14,16). The Hall–Kier alpha value is -2.96. The van der Waals surface area contributed by atoms with Crippen molar-refractivity contribution in [3.8, 4) is 11.4 Å². The van der Waals surface area contributed by atoms with Crippen LogP contribution in [0, 0.1) is 10.1 Å². The zero-order valence-corrected chi connectivity index (χ0v) is 10.6. The average Bonchev–Trinajstić information content (AvgIpc) is 2.94. The van der Waals surface area contributed by atoms with Gasteiger partial charge in [-0.3, -0.25) is 14.5 Å². The second kappa shape index (κ2) is 4.61. The molecule has 7 heteroatoms. The van der Waals surface area contributed by atoms with E-state index in [-0.39, 0.29) is 5.69 Å². The molecule has 0 amide bonds. The zero-order chi connectivity index (χ0) is 14.1. The first kappa shape index (κ1) is 12.1. The van der Waals surface area contributed by atoms with Gasteiger partial charge in [0.15, 0.2) is 0 Å². The molecule has 0 fully saturated rings. The fraction of sp³-hybridized carbons (Fsp3) is 0.0769. The Kier molecular flexibility index (Phi) is 2.79. The van der Waals surface area contributed by atoms with Gasteiger partial charge in [-0.25, -0.2) is 9.97 Å². The van der Waals surface area contributed by atoms with Crippen LogP contribution < -0.4 is 5.32 Å². The number of fused-ring (bicyclic) bond motifs is 1. The van der Waals surface area contributed by atoms with Gasteiger partial charge < -0.3 is 5.32 Å². The molecule has 3 rings (SSSR count). The number of nitro groups is 1. The van der Waals surface area contributed by atoms with Crippen molar-refractivity contribution in [3.05, 3.63) is 52.8 Å². The van der Waals surface area contributed by atoms with Gasteiger partial charge in [-0.15, -0.1) is 0 Å². The molecule has 0 aliphatic rings. The molecule has 1 N–H and O–H groups in total. The van der Waals surface area contributed by atoms with Crippen molar-refractivity contribution in [3.63, 3.8) is 0 Å². The average molecular weight is 269 g/mol. The lowest BCUT2D eigenvalue weighted by atomic mass is 10.2. The summed E-state index contributed by atoms with van der Waals surface area (Å²) in [5.74, 6) is 0.450. The first-order valence-corrected chi connectivity index (χ1v) is 5.96. The number of pyridine rings is 2. The Morgan fingerprint density at radius 1 is 1.35 bits per heavy atom. The molecule has 7 nitrogen and oxygen atoms in total. The number of nitrogens with one attached hydrogen (secondary N) is 1. The summed E-state index contributed by atoms with van der Waals surface area (Å²) < 4.78 is 1.84. The van der Waals surface area contributed by atoms with Gasteiger partial charge in [-0.2, -0.15) is 0 Å². The molecule has 0 atom stereocenters. The molecule has 100 valence electrons. The summed E-state index contributed by atoms with van der Waals surface area (Å²) in [7, 11) is 1.67. The third-order valence-electron chi connectivity index (χ3n) is 2.97. The zero-order valence-electron chi connectivity index (χ0n) is 10.6. The maximum atomic E-state index is 11.0. The molecule has 0 saturated heterocycles. The van der Waals surface area contributed by atoms with Crippen molar-refractivity contribution in [2.45, 2.75) is 0 Å². The highest BCUT2D eigenvalue weighted by Crippen LogP contribution is 2.25. The molecule has 0 bridgehead atoms. The van der Waals surface area contributed by atoms with Gasteiger partial charge in [0.25, 0.3) is 5.69 Å². The molecule has 0 saturated carbocycles. The van der Waals surface area contributed by atoms with E-state index in [0.29, 0.717) is 11.5 Å². The smallest absolute Gasteiger partial charge is 0.275 e. The molecule has 3 aromatic rings. The predicted octanol–water partition coefficient (Wildman–Crippen LogP) is 2.35. The molecule has 0 aromatic carbocycles. The lowest BCUT2D eigenvalue weighted by Crippen LogP contribution is -1.99. The highest BCUT2D eigenvalue weighted by molar-refractivity contribution is 5.65. The molecular formula is C13H11N5O2. The maximum absolute atomic E-state index is 11.0. The first-order valence-electron chi connectivity index (χ1n) is 5.96. The number of rotatable bonds is 3. The van der Waals surface area contributed by atoms with Crippen LogP contribution in [0.3, 0.4) is 0 Å². The number of aromatic nitrogens is 3. The number of anilines is 1. The number of nitrogens with zero attached hydrogens (tertiary/aromatic N) is 4. The van der Waals surface area contributed by atoms with Gasteiger partial charge in [-0.05, 0) is 12.1 Å². The summed E-state index contributed by atoms with van der Waals surface area (Å²) >= 11 is 0. The lowest BCUT2D eigenvalue weighted by molar-refractivity contribution is -0.384. The minimum atomic E-state index is -0.430. The minimum absolute atomic E-state index is 0.00327. The third-order valence-corrected chi connectivity index (χ3v) is 2.97. The number of hydrogen-bond acceptors (Lipinski definition) is 5. The second-order valence-corrected chi connectivity index (χ2v) is 4.17. The van der Waals surface area contributed by atoms with E-state index in [1.807, 2.05) is 22.6 Å². The summed E-state index contributed by atoms with van der Waals surface area (Å²) in [4.78, 5) is 19.1. The topological polar surface area (TPSA) is 85.4 Å². The van der Waals surface area contributed by atoms with Crippen LogP contribution >= 0.6 is 0 Å². The Morgan fingerprint density at radius 2 is 2.20 bits per heavy atom. The summed E-state index contributed by atoms with van der Waals surface area (Å²) in [5, 5.41) is 13.8. The van der Waals surface area contributed by atoms with Crippen LogP contribution in [-0.4, -0.2) is 26.3 Å². The molecule has 3 aromatic heterocycles. The molecule has 0 spiro atoms. The van der Waals surface area contributed by atoms with Crippen molar-refractivity contribution >= 4 is 17.2 Å². The Labute approximate surface area is 114 Å². The van der Waals surface area contributed by atoms with Crippen LogP contribution in [0.25, 0.3) is 17.0 Å². The second-order valence-electron chi connectivity index (χ2n) is 4.17. The summed E-state index contributed by atoms with van der Waals surface area (Å²) in [6.07, 6.45) is 3.47. The van der Waals surface area contributed by atoms with E-state index in [2.05, 4.69) is 15.3 Å². The molecule has 0 radical (unpaired) electrons. The fourth-order valence-electron chi connectivity index (χ4n) is 2.04. The van der Waals surface area contributed by atoms with Crippen LogP contribution in [-0.2, 0) is 0 Å². The predicted molar refractivity (Wildman–Crippen MR) is 74.6 cm³/mol. The third kappa shape index (κ3) is 1.95. The fourth-order valence-corrected chi connectivity index (χ4v) is 2.04. The lowest BCUT2D eigenvalue weighted by Gasteiger charge is -2.07. The molecule has 0 unspecified atom stereocenters. The Balaban J connectivity index is 2.25. The quantitative estimate of drug-likeness (QED) is 0.582. The van der Waals surface area contributed by atoms with Gasteiger partial charge in [0.2, 0.25) is 0 Å². The van der Waals surface area contributed by atoms with Crippen LogP contribution in [0.4, 0.5) is 11.5 Å². The highest BCUT2D eigenvalue weighted by Gasteiger charge is 2.13. The number of imidazole rings is 1. The molecule has 3 heterocycles. The van der Waals surface area contributed by atoms with E-state index in [1.165, 1.54) is 12.1 Å². The Morgan fingerprint density at radius 3 is 2.95 bits per heavy atom. The summed E-state index contributed by atoms with van der Waals surface area (Å²) in [6, 6.07) is 8.41. The Bertz CT molecular complexity index is 796. The van der Waals surface area contributed by atoms with E-state index in [0.717, 1.165) is 11.3 Å². The minimum Gasteiger partial charge on any atom is -0.373 e. The monoisotopic (exact) mass is 269 g/mol. The van der Waals surface area contributed by atoms with Crippen LogP contribution in [0.5, 0.6) is 0 Å². The van der Waals surface area contributed by atoms with E-state index in [4.69, 9.17) is 0 Å². The van der Waals surface area contributed by atoms with Crippen LogP contribution in [0.2, 0.25) is 0 Å². The van der Waals surface area contributed by atoms with Crippen molar-refractivity contribution in [2.24, 2.45) is 0 Å². The van der Waals surface area contributed by atoms with Gasteiger partial charge in [0, 0.05) is 25.5 Å². The largest absolute Gasteiger partial charge is 0.373 e. The molecular weight excluding hydrogens is 258 g/mol. The maximum Gasteiger partial charge on any atom is 0.275 e. The van der Waals surface area contributed by atoms with Gasteiger partial charge in [0.1, 0.15) is 11.5 Å². The van der Waals surface area contributed by atoms with E-state index in [1.54, 1.807) is 19.4 Å². The first-order chi connectivity index (χ1) is 9.69. The molecule has 20 heavy (non-hydrogen) atoms. The van der Waals surface area contributed by atoms with Crippen molar-refractivity contribution in [1.29, 1.82) is 0 Å². The summed E-state index contributed by atoms with van der Waals surface area (Å²) in [6.45, 7) is 0. The SMILES string of the molecule is CNc1cc([N+](=O)[O-])cc(-c2cccc3nccn23)n1. The van der Waals surface area contributed by atoms with Crippen molar-refractivity contribution in [1.82, 2.24) is 14.4 Å². The van der Waals surface area contributed by atoms with Gasteiger partial charge >= 0.3 is 0 Å². The normalized spacial score (nSPS) is 10.7. The summed E-state index contributed by atoms with van der Waals surface area (Å²) in [5.41, 5.74) is 2.03. The molecule has 0 aliphatic carbocycles. The van der Waals surface area contributed by atoms with E-state index >= 15 is 0 Å². The van der Waals surface area contributed by atoms with Crippen LogP contribution in [0.1, 0.15) is 0 Å². The number of hydrogen-bond donors (Lipinski definition) is 1. The van der Waals surface area contributed by atoms with Crippen LogP contribution in [0.15, 0.2) is 42.7 Å². The van der Waals surface area contributed by atoms with E-state index < -0.39 is 4.92 Å².